The minimum Gasteiger partial charge on any atom is -0.376 e. The van der Waals surface area contributed by atoms with Crippen molar-refractivity contribution >= 4 is 27.5 Å². The van der Waals surface area contributed by atoms with Crippen LogP contribution in [0.3, 0.4) is 0 Å². The van der Waals surface area contributed by atoms with Crippen LogP contribution in [0.2, 0.25) is 0 Å². The molecule has 0 saturated carbocycles. The highest BCUT2D eigenvalue weighted by Crippen LogP contribution is 2.30. The number of hydrazine groups is 1. The molecule has 0 unspecified atom stereocenters. The van der Waals surface area contributed by atoms with Gasteiger partial charge in [-0.1, -0.05) is 6.07 Å². The molecule has 1 heterocycles. The molecule has 0 aromatic heterocycles. The van der Waals surface area contributed by atoms with Gasteiger partial charge >= 0.3 is 6.18 Å². The van der Waals surface area contributed by atoms with E-state index in [-0.39, 0.29) is 22.7 Å². The van der Waals surface area contributed by atoms with Crippen LogP contribution in [0.5, 0.6) is 0 Å². The highest BCUT2D eigenvalue weighted by molar-refractivity contribution is 7.89. The molecule has 2 amide bonds. The minimum atomic E-state index is -4.50. The number of halogens is 3. The van der Waals surface area contributed by atoms with Crippen molar-refractivity contribution in [2.75, 3.05) is 25.0 Å². The Balaban J connectivity index is 1.50. The molecule has 1 aliphatic heterocycles. The standard InChI is InChI=1S/C20H21F3N4O4S/c21-20(22,23)15-4-3-5-16(12-15)24-13-18(28)25-26-19(29)14-6-8-17(9-7-14)32(30,31)27-10-1-2-11-27/h3-9,12,24H,1-2,10-11,13H2,(H,25,28)(H,26,29). The zero-order valence-electron chi connectivity index (χ0n) is 16.8. The van der Waals surface area contributed by atoms with Crippen LogP contribution in [0, 0.1) is 0 Å². The van der Waals surface area contributed by atoms with Gasteiger partial charge in [0.2, 0.25) is 10.0 Å². The summed E-state index contributed by atoms with van der Waals surface area (Å²) < 4.78 is 64.5. The fraction of sp³-hybridized carbons (Fsp3) is 0.300. The second-order valence-corrected chi connectivity index (χ2v) is 9.01. The number of carbonyl (C=O) groups is 2. The highest BCUT2D eigenvalue weighted by atomic mass is 32.2. The van der Waals surface area contributed by atoms with E-state index >= 15 is 0 Å². The molecule has 3 N–H and O–H groups in total. The van der Waals surface area contributed by atoms with Crippen LogP contribution in [-0.4, -0.2) is 44.2 Å². The second kappa shape index (κ2) is 9.57. The van der Waals surface area contributed by atoms with E-state index in [4.69, 9.17) is 0 Å². The number of rotatable bonds is 6. The predicted octanol–water partition coefficient (Wildman–Crippen LogP) is 2.36. The molecule has 0 aliphatic carbocycles. The molecular formula is C20H21F3N4O4S. The van der Waals surface area contributed by atoms with E-state index in [1.165, 1.54) is 40.7 Å². The molecule has 1 aliphatic rings. The maximum absolute atomic E-state index is 12.7. The smallest absolute Gasteiger partial charge is 0.376 e. The SMILES string of the molecule is O=C(CNc1cccc(C(F)(F)F)c1)NNC(=O)c1ccc(S(=O)(=O)N2CCCC2)cc1. The number of carbonyl (C=O) groups excluding carboxylic acids is 2. The third-order valence-corrected chi connectivity index (χ3v) is 6.69. The summed E-state index contributed by atoms with van der Waals surface area (Å²) in [6.07, 6.45) is -2.89. The van der Waals surface area contributed by atoms with Gasteiger partial charge in [0.25, 0.3) is 11.8 Å². The van der Waals surface area contributed by atoms with Gasteiger partial charge in [0.05, 0.1) is 17.0 Å². The number of benzene rings is 2. The zero-order chi connectivity index (χ0) is 23.4. The third-order valence-electron chi connectivity index (χ3n) is 4.78. The molecule has 0 spiro atoms. The first kappa shape index (κ1) is 23.5. The first-order valence-electron chi connectivity index (χ1n) is 9.68. The van der Waals surface area contributed by atoms with Crippen LogP contribution < -0.4 is 16.2 Å². The minimum absolute atomic E-state index is 0.0743. The lowest BCUT2D eigenvalue weighted by Gasteiger charge is -2.15. The van der Waals surface area contributed by atoms with E-state index < -0.39 is 33.6 Å². The Morgan fingerprint density at radius 2 is 1.62 bits per heavy atom. The Morgan fingerprint density at radius 3 is 2.25 bits per heavy atom. The topological polar surface area (TPSA) is 108 Å². The van der Waals surface area contributed by atoms with Crippen LogP contribution in [0.15, 0.2) is 53.4 Å². The summed E-state index contributed by atoms with van der Waals surface area (Å²) in [4.78, 5) is 24.1. The number of hydrogen-bond donors (Lipinski definition) is 3. The molecule has 0 radical (unpaired) electrons. The predicted molar refractivity (Wildman–Crippen MR) is 110 cm³/mol. The van der Waals surface area contributed by atoms with Gasteiger partial charge in [0.15, 0.2) is 0 Å². The van der Waals surface area contributed by atoms with Crippen LogP contribution in [0.1, 0.15) is 28.8 Å². The van der Waals surface area contributed by atoms with Crippen molar-refractivity contribution in [3.8, 4) is 0 Å². The monoisotopic (exact) mass is 470 g/mol. The molecule has 3 rings (SSSR count). The molecule has 1 saturated heterocycles. The number of nitrogens with zero attached hydrogens (tertiary/aromatic N) is 1. The second-order valence-electron chi connectivity index (χ2n) is 7.07. The molecule has 2 aromatic rings. The average molecular weight is 470 g/mol. The summed E-state index contributed by atoms with van der Waals surface area (Å²) in [7, 11) is -3.60. The van der Waals surface area contributed by atoms with Crippen molar-refractivity contribution in [2.45, 2.75) is 23.9 Å². The lowest BCUT2D eigenvalue weighted by atomic mass is 10.2. The maximum atomic E-state index is 12.7. The van der Waals surface area contributed by atoms with Crippen LogP contribution in [-0.2, 0) is 21.0 Å². The van der Waals surface area contributed by atoms with Crippen molar-refractivity contribution in [3.63, 3.8) is 0 Å². The Labute approximate surface area is 182 Å². The average Bonchev–Trinajstić information content (AvgIpc) is 3.32. The van der Waals surface area contributed by atoms with Gasteiger partial charge in [0.1, 0.15) is 0 Å². The lowest BCUT2D eigenvalue weighted by molar-refractivity contribution is -0.137. The molecule has 172 valence electrons. The van der Waals surface area contributed by atoms with Gasteiger partial charge in [-0.05, 0) is 55.3 Å². The third kappa shape index (κ3) is 5.77. The Bertz CT molecular complexity index is 1080. The number of nitrogens with one attached hydrogen (secondary N) is 3. The molecule has 0 atom stereocenters. The summed E-state index contributed by atoms with van der Waals surface area (Å²) in [5, 5.41) is 2.54. The van der Waals surface area contributed by atoms with E-state index in [1.54, 1.807) is 0 Å². The van der Waals surface area contributed by atoms with Gasteiger partial charge < -0.3 is 5.32 Å². The summed E-state index contributed by atoms with van der Waals surface area (Å²) in [5.74, 6) is -1.37. The first-order chi connectivity index (χ1) is 15.1. The molecule has 32 heavy (non-hydrogen) atoms. The van der Waals surface area contributed by atoms with Gasteiger partial charge in [0, 0.05) is 24.3 Å². The van der Waals surface area contributed by atoms with E-state index in [2.05, 4.69) is 16.2 Å². The Hall–Kier alpha value is -3.12. The molecule has 12 heteroatoms. The van der Waals surface area contributed by atoms with Gasteiger partial charge in [-0.2, -0.15) is 17.5 Å². The van der Waals surface area contributed by atoms with Crippen LogP contribution in [0.4, 0.5) is 18.9 Å². The molecule has 1 fully saturated rings. The number of sulfonamides is 1. The maximum Gasteiger partial charge on any atom is 0.416 e. The number of amides is 2. The fourth-order valence-electron chi connectivity index (χ4n) is 3.09. The van der Waals surface area contributed by atoms with Crippen molar-refractivity contribution in [2.24, 2.45) is 0 Å². The summed E-state index contributed by atoms with van der Waals surface area (Å²) in [5.41, 5.74) is 3.66. The summed E-state index contributed by atoms with van der Waals surface area (Å²) in [6.45, 7) is 0.547. The molecule has 2 aromatic carbocycles. The Morgan fingerprint density at radius 1 is 0.969 bits per heavy atom. The summed E-state index contributed by atoms with van der Waals surface area (Å²) in [6, 6.07) is 9.64. The number of anilines is 1. The van der Waals surface area contributed by atoms with Crippen molar-refractivity contribution in [3.05, 3.63) is 59.7 Å². The molecule has 8 nitrogen and oxygen atoms in total. The van der Waals surface area contributed by atoms with E-state index in [0.29, 0.717) is 13.1 Å². The van der Waals surface area contributed by atoms with Gasteiger partial charge in [-0.25, -0.2) is 8.42 Å². The lowest BCUT2D eigenvalue weighted by Crippen LogP contribution is -2.44. The fourth-order valence-corrected chi connectivity index (χ4v) is 4.60. The van der Waals surface area contributed by atoms with E-state index in [0.717, 1.165) is 25.0 Å². The van der Waals surface area contributed by atoms with E-state index in [9.17, 15) is 31.2 Å². The molecule has 0 bridgehead atoms. The van der Waals surface area contributed by atoms with E-state index in [1.807, 2.05) is 0 Å². The van der Waals surface area contributed by atoms with Crippen LogP contribution in [0.25, 0.3) is 0 Å². The highest BCUT2D eigenvalue weighted by Gasteiger charge is 2.30. The van der Waals surface area contributed by atoms with Crippen molar-refractivity contribution < 1.29 is 31.2 Å². The van der Waals surface area contributed by atoms with Crippen molar-refractivity contribution in [1.82, 2.24) is 15.2 Å². The molecular weight excluding hydrogens is 449 g/mol. The Kier molecular flexibility index (Phi) is 7.04. The number of alkyl halides is 3. The normalized spacial score (nSPS) is 14.7. The largest absolute Gasteiger partial charge is 0.416 e. The zero-order valence-corrected chi connectivity index (χ0v) is 17.6. The first-order valence-corrected chi connectivity index (χ1v) is 11.1. The van der Waals surface area contributed by atoms with Crippen LogP contribution >= 0.6 is 0 Å². The number of hydrogen-bond acceptors (Lipinski definition) is 5. The quantitative estimate of drug-likeness (QED) is 0.562. The van der Waals surface area contributed by atoms with Gasteiger partial charge in [-0.15, -0.1) is 0 Å². The van der Waals surface area contributed by atoms with Gasteiger partial charge in [-0.3, -0.25) is 20.4 Å². The summed E-state index contributed by atoms with van der Waals surface area (Å²) >= 11 is 0. The van der Waals surface area contributed by atoms with Crippen molar-refractivity contribution in [1.29, 1.82) is 0 Å².